The van der Waals surface area contributed by atoms with Gasteiger partial charge in [-0.15, -0.1) is 0 Å². The molecule has 1 aromatic rings. The van der Waals surface area contributed by atoms with Crippen LogP contribution in [-0.4, -0.2) is 24.0 Å². The van der Waals surface area contributed by atoms with Gasteiger partial charge in [-0.1, -0.05) is 20.8 Å². The zero-order valence-corrected chi connectivity index (χ0v) is 11.2. The Hall–Kier alpha value is -2.11. The van der Waals surface area contributed by atoms with Crippen LogP contribution in [0.15, 0.2) is 18.2 Å². The Labute approximate surface area is 111 Å². The molecule has 0 unspecified atom stereocenters. The smallest absolute Gasteiger partial charge is 0.271 e. The number of carbonyl (C=O) groups is 1. The number of fused-ring (bicyclic) bond motifs is 1. The minimum Gasteiger partial charge on any atom is -0.490 e. The molecule has 0 saturated carbocycles. The number of carbonyl (C=O) groups excluding carboxylic acids is 1. The Balaban J connectivity index is 2.45. The molecule has 0 fully saturated rings. The fraction of sp³-hybridized carbons (Fsp3) is 0.462. The van der Waals surface area contributed by atoms with Crippen LogP contribution in [-0.2, 0) is 4.79 Å². The van der Waals surface area contributed by atoms with Crippen LogP contribution >= 0.6 is 0 Å². The van der Waals surface area contributed by atoms with Gasteiger partial charge < -0.3 is 9.64 Å². The third kappa shape index (κ3) is 2.52. The van der Waals surface area contributed by atoms with E-state index in [0.29, 0.717) is 24.6 Å². The lowest BCUT2D eigenvalue weighted by Crippen LogP contribution is -2.44. The molecule has 0 bridgehead atoms. The van der Waals surface area contributed by atoms with Crippen LogP contribution < -0.4 is 9.64 Å². The van der Waals surface area contributed by atoms with E-state index in [1.165, 1.54) is 18.2 Å². The molecule has 1 amide bonds. The molecule has 0 spiro atoms. The Morgan fingerprint density at radius 3 is 2.68 bits per heavy atom. The van der Waals surface area contributed by atoms with Crippen molar-refractivity contribution in [2.24, 2.45) is 5.41 Å². The number of anilines is 1. The summed E-state index contributed by atoms with van der Waals surface area (Å²) in [4.78, 5) is 24.3. The van der Waals surface area contributed by atoms with Gasteiger partial charge in [0.25, 0.3) is 5.69 Å². The van der Waals surface area contributed by atoms with Gasteiger partial charge in [0.2, 0.25) is 5.91 Å². The van der Waals surface area contributed by atoms with E-state index in [4.69, 9.17) is 4.74 Å². The fourth-order valence-electron chi connectivity index (χ4n) is 1.94. The van der Waals surface area contributed by atoms with Gasteiger partial charge in [-0.3, -0.25) is 14.9 Å². The highest BCUT2D eigenvalue weighted by molar-refractivity contribution is 5.98. The van der Waals surface area contributed by atoms with E-state index < -0.39 is 10.3 Å². The van der Waals surface area contributed by atoms with Gasteiger partial charge in [-0.05, 0) is 6.07 Å². The van der Waals surface area contributed by atoms with E-state index in [9.17, 15) is 14.9 Å². The SMILES string of the molecule is CC(C)(C)C(=O)N1CCOc2ccc([N+](=O)[O-])cc21. The summed E-state index contributed by atoms with van der Waals surface area (Å²) in [5.41, 5.74) is -0.115. The Morgan fingerprint density at radius 2 is 2.11 bits per heavy atom. The standard InChI is InChI=1S/C13H16N2O4/c1-13(2,3)12(16)14-6-7-19-11-5-4-9(15(17)18)8-10(11)14/h4-5,8H,6-7H2,1-3H3. The van der Waals surface area contributed by atoms with Crippen LogP contribution in [0.4, 0.5) is 11.4 Å². The number of non-ortho nitro benzene ring substituents is 1. The first-order valence-corrected chi connectivity index (χ1v) is 6.04. The Bertz CT molecular complexity index is 534. The van der Waals surface area contributed by atoms with Crippen molar-refractivity contribution in [1.29, 1.82) is 0 Å². The molecule has 1 aliphatic heterocycles. The first kappa shape index (κ1) is 13.3. The first-order valence-electron chi connectivity index (χ1n) is 6.04. The second kappa shape index (κ2) is 4.53. The summed E-state index contributed by atoms with van der Waals surface area (Å²) in [5.74, 6) is 0.437. The topological polar surface area (TPSA) is 72.7 Å². The van der Waals surface area contributed by atoms with Gasteiger partial charge in [-0.2, -0.15) is 0 Å². The van der Waals surface area contributed by atoms with Gasteiger partial charge in [-0.25, -0.2) is 0 Å². The predicted octanol–water partition coefficient (Wildman–Crippen LogP) is 2.37. The van der Waals surface area contributed by atoms with Gasteiger partial charge in [0.15, 0.2) is 0 Å². The predicted molar refractivity (Wildman–Crippen MR) is 70.4 cm³/mol. The molecule has 0 aliphatic carbocycles. The van der Waals surface area contributed by atoms with E-state index in [-0.39, 0.29) is 11.6 Å². The number of nitro groups is 1. The van der Waals surface area contributed by atoms with Gasteiger partial charge in [0.05, 0.1) is 17.2 Å². The largest absolute Gasteiger partial charge is 0.490 e. The third-order valence-electron chi connectivity index (χ3n) is 2.90. The van der Waals surface area contributed by atoms with E-state index in [2.05, 4.69) is 0 Å². The molecular formula is C13H16N2O4. The van der Waals surface area contributed by atoms with Crippen LogP contribution in [0.2, 0.25) is 0 Å². The van der Waals surface area contributed by atoms with Crippen LogP contribution in [0, 0.1) is 15.5 Å². The second-order valence-electron chi connectivity index (χ2n) is 5.46. The molecule has 0 radical (unpaired) electrons. The van der Waals surface area contributed by atoms with E-state index in [0.717, 1.165) is 0 Å². The average molecular weight is 264 g/mol. The number of amides is 1. The van der Waals surface area contributed by atoms with Crippen molar-refractivity contribution in [3.05, 3.63) is 28.3 Å². The highest BCUT2D eigenvalue weighted by Gasteiger charge is 2.32. The highest BCUT2D eigenvalue weighted by atomic mass is 16.6. The van der Waals surface area contributed by atoms with Crippen molar-refractivity contribution in [3.8, 4) is 5.75 Å². The van der Waals surface area contributed by atoms with E-state index in [1.54, 1.807) is 4.90 Å². The molecule has 102 valence electrons. The van der Waals surface area contributed by atoms with Gasteiger partial charge >= 0.3 is 0 Å². The summed E-state index contributed by atoms with van der Waals surface area (Å²) in [6, 6.07) is 4.30. The minimum absolute atomic E-state index is 0.0454. The lowest BCUT2D eigenvalue weighted by Gasteiger charge is -2.33. The van der Waals surface area contributed by atoms with Gasteiger partial charge in [0, 0.05) is 17.5 Å². The van der Waals surface area contributed by atoms with Crippen LogP contribution in [0.3, 0.4) is 0 Å². The lowest BCUT2D eigenvalue weighted by atomic mass is 9.94. The number of nitro benzene ring substituents is 1. The number of rotatable bonds is 1. The summed E-state index contributed by atoms with van der Waals surface area (Å²) < 4.78 is 5.43. The summed E-state index contributed by atoms with van der Waals surface area (Å²) in [6.07, 6.45) is 0. The van der Waals surface area contributed by atoms with Crippen LogP contribution in [0.1, 0.15) is 20.8 Å². The maximum Gasteiger partial charge on any atom is 0.271 e. The number of hydrogen-bond donors (Lipinski definition) is 0. The zero-order valence-electron chi connectivity index (χ0n) is 11.2. The summed E-state index contributed by atoms with van der Waals surface area (Å²) >= 11 is 0. The van der Waals surface area contributed by atoms with Crippen molar-refractivity contribution in [1.82, 2.24) is 0 Å². The normalized spacial score (nSPS) is 14.6. The molecule has 1 aromatic carbocycles. The minimum atomic E-state index is -0.542. The monoisotopic (exact) mass is 264 g/mol. The maximum absolute atomic E-state index is 12.4. The molecule has 0 N–H and O–H groups in total. The average Bonchev–Trinajstić information content (AvgIpc) is 2.35. The Kier molecular flexibility index (Phi) is 3.18. The highest BCUT2D eigenvalue weighted by Crippen LogP contribution is 2.36. The van der Waals surface area contributed by atoms with Crippen molar-refractivity contribution in [2.45, 2.75) is 20.8 Å². The first-order chi connectivity index (χ1) is 8.80. The molecule has 0 saturated heterocycles. The van der Waals surface area contributed by atoms with Crippen LogP contribution in [0.5, 0.6) is 5.75 Å². The zero-order chi connectivity index (χ0) is 14.2. The number of hydrogen-bond acceptors (Lipinski definition) is 4. The molecular weight excluding hydrogens is 248 g/mol. The molecule has 0 aromatic heterocycles. The molecule has 6 nitrogen and oxygen atoms in total. The van der Waals surface area contributed by atoms with E-state index >= 15 is 0 Å². The second-order valence-corrected chi connectivity index (χ2v) is 5.46. The number of ether oxygens (including phenoxy) is 1. The summed E-state index contributed by atoms with van der Waals surface area (Å²) in [7, 11) is 0. The molecule has 1 aliphatic rings. The molecule has 6 heteroatoms. The number of nitrogens with zero attached hydrogens (tertiary/aromatic N) is 2. The molecule has 2 rings (SSSR count). The van der Waals surface area contributed by atoms with Crippen LogP contribution in [0.25, 0.3) is 0 Å². The quantitative estimate of drug-likeness (QED) is 0.576. The van der Waals surface area contributed by atoms with Gasteiger partial charge in [0.1, 0.15) is 12.4 Å². The van der Waals surface area contributed by atoms with Crippen molar-refractivity contribution < 1.29 is 14.5 Å². The maximum atomic E-state index is 12.4. The summed E-state index contributed by atoms with van der Waals surface area (Å²) in [6.45, 7) is 6.27. The lowest BCUT2D eigenvalue weighted by molar-refractivity contribution is -0.384. The van der Waals surface area contributed by atoms with Crippen molar-refractivity contribution >= 4 is 17.3 Å². The van der Waals surface area contributed by atoms with E-state index in [1.807, 2.05) is 20.8 Å². The van der Waals surface area contributed by atoms with Crippen molar-refractivity contribution in [3.63, 3.8) is 0 Å². The summed E-state index contributed by atoms with van der Waals surface area (Å²) in [5, 5.41) is 10.8. The molecule has 0 atom stereocenters. The Morgan fingerprint density at radius 1 is 1.42 bits per heavy atom. The fourth-order valence-corrected chi connectivity index (χ4v) is 1.94. The molecule has 1 heterocycles. The third-order valence-corrected chi connectivity index (χ3v) is 2.90. The van der Waals surface area contributed by atoms with Crippen molar-refractivity contribution in [2.75, 3.05) is 18.1 Å². The molecule has 19 heavy (non-hydrogen) atoms. The number of benzene rings is 1.